The molecule has 3 nitrogen and oxygen atoms in total. The zero-order chi connectivity index (χ0) is 9.97. The van der Waals surface area contributed by atoms with E-state index in [0.717, 1.165) is 23.5 Å². The molecular formula is C11H14O3. The van der Waals surface area contributed by atoms with Crippen molar-refractivity contribution < 1.29 is 14.6 Å². The van der Waals surface area contributed by atoms with Gasteiger partial charge in [-0.25, -0.2) is 0 Å². The van der Waals surface area contributed by atoms with Crippen LogP contribution in [0.5, 0.6) is 11.5 Å². The van der Waals surface area contributed by atoms with Crippen molar-refractivity contribution in [3.8, 4) is 11.5 Å². The quantitative estimate of drug-likeness (QED) is 0.790. The van der Waals surface area contributed by atoms with Crippen LogP contribution in [0.4, 0.5) is 0 Å². The lowest BCUT2D eigenvalue weighted by atomic mass is 10.1. The van der Waals surface area contributed by atoms with Crippen molar-refractivity contribution in [2.24, 2.45) is 0 Å². The van der Waals surface area contributed by atoms with Gasteiger partial charge >= 0.3 is 0 Å². The minimum Gasteiger partial charge on any atom is -0.490 e. The number of benzene rings is 1. The molecule has 1 aromatic rings. The van der Waals surface area contributed by atoms with Gasteiger partial charge in [0.25, 0.3) is 0 Å². The van der Waals surface area contributed by atoms with Gasteiger partial charge < -0.3 is 14.6 Å². The van der Waals surface area contributed by atoms with Crippen LogP contribution in [0.2, 0.25) is 0 Å². The molecule has 76 valence electrons. The highest BCUT2D eigenvalue weighted by Crippen LogP contribution is 2.37. The maximum atomic E-state index is 8.99. The van der Waals surface area contributed by atoms with Gasteiger partial charge in [-0.2, -0.15) is 0 Å². The van der Waals surface area contributed by atoms with Crippen LogP contribution in [0.25, 0.3) is 0 Å². The molecule has 0 spiro atoms. The van der Waals surface area contributed by atoms with E-state index in [1.54, 1.807) is 0 Å². The summed E-state index contributed by atoms with van der Waals surface area (Å²) in [6, 6.07) is 5.85. The van der Waals surface area contributed by atoms with Crippen molar-refractivity contribution in [2.75, 3.05) is 13.2 Å². The molecule has 1 atom stereocenters. The van der Waals surface area contributed by atoms with Crippen LogP contribution < -0.4 is 9.47 Å². The van der Waals surface area contributed by atoms with Gasteiger partial charge in [-0.15, -0.1) is 0 Å². The third-order valence-electron chi connectivity index (χ3n) is 2.30. The first-order valence-corrected chi connectivity index (χ1v) is 4.87. The minimum atomic E-state index is -0.105. The maximum Gasteiger partial charge on any atom is 0.165 e. The molecule has 0 radical (unpaired) electrons. The molecule has 0 bridgehead atoms. The molecule has 1 aliphatic rings. The van der Waals surface area contributed by atoms with Crippen LogP contribution in [0.1, 0.15) is 12.5 Å². The molecule has 0 amide bonds. The molecule has 1 aliphatic heterocycles. The molecule has 14 heavy (non-hydrogen) atoms. The molecule has 1 heterocycles. The third kappa shape index (κ3) is 1.55. The summed E-state index contributed by atoms with van der Waals surface area (Å²) in [6.45, 7) is 2.63. The molecule has 1 aromatic carbocycles. The van der Waals surface area contributed by atoms with Gasteiger partial charge in [-0.05, 0) is 13.0 Å². The van der Waals surface area contributed by atoms with Crippen LogP contribution in [0.3, 0.4) is 0 Å². The lowest BCUT2D eigenvalue weighted by molar-refractivity contribution is 0.131. The number of hydrogen-bond donors (Lipinski definition) is 1. The second kappa shape index (κ2) is 3.88. The Balaban J connectivity index is 2.26. The van der Waals surface area contributed by atoms with E-state index in [9.17, 15) is 0 Å². The fourth-order valence-corrected chi connectivity index (χ4v) is 1.68. The predicted molar refractivity (Wildman–Crippen MR) is 52.8 cm³/mol. The lowest BCUT2D eigenvalue weighted by Gasteiger charge is -2.10. The second-order valence-corrected chi connectivity index (χ2v) is 3.30. The zero-order valence-corrected chi connectivity index (χ0v) is 8.19. The van der Waals surface area contributed by atoms with Crippen molar-refractivity contribution >= 4 is 0 Å². The van der Waals surface area contributed by atoms with Crippen LogP contribution >= 0.6 is 0 Å². The smallest absolute Gasteiger partial charge is 0.165 e. The molecule has 1 N–H and O–H groups in total. The monoisotopic (exact) mass is 194 g/mol. The first-order valence-electron chi connectivity index (χ1n) is 4.87. The maximum absolute atomic E-state index is 8.99. The first-order chi connectivity index (χ1) is 6.85. The Labute approximate surface area is 83.3 Å². The molecule has 0 saturated heterocycles. The average molecular weight is 194 g/mol. The second-order valence-electron chi connectivity index (χ2n) is 3.30. The van der Waals surface area contributed by atoms with Crippen molar-refractivity contribution in [1.29, 1.82) is 0 Å². The largest absolute Gasteiger partial charge is 0.490 e. The normalized spacial score (nSPS) is 18.9. The Morgan fingerprint density at radius 3 is 3.14 bits per heavy atom. The number of fused-ring (bicyclic) bond motifs is 1. The summed E-state index contributed by atoms with van der Waals surface area (Å²) in [5, 5.41) is 8.99. The summed E-state index contributed by atoms with van der Waals surface area (Å²) < 4.78 is 11.0. The van der Waals surface area contributed by atoms with Gasteiger partial charge in [0.2, 0.25) is 0 Å². The number of ether oxygens (including phenoxy) is 2. The summed E-state index contributed by atoms with van der Waals surface area (Å²) in [6.07, 6.45) is 0.666. The van der Waals surface area contributed by atoms with E-state index in [0.29, 0.717) is 6.61 Å². The molecule has 2 rings (SSSR count). The molecule has 3 heteroatoms. The van der Waals surface area contributed by atoms with Crippen LogP contribution in [-0.4, -0.2) is 24.4 Å². The van der Waals surface area contributed by atoms with E-state index in [2.05, 4.69) is 0 Å². The number of aliphatic hydroxyl groups is 1. The number of rotatable bonds is 3. The van der Waals surface area contributed by atoms with E-state index < -0.39 is 0 Å². The van der Waals surface area contributed by atoms with Crippen molar-refractivity contribution in [3.05, 3.63) is 23.8 Å². The van der Waals surface area contributed by atoms with Gasteiger partial charge in [0.05, 0.1) is 13.2 Å². The zero-order valence-electron chi connectivity index (χ0n) is 8.19. The highest BCUT2D eigenvalue weighted by atomic mass is 16.5. The molecular weight excluding hydrogens is 180 g/mol. The molecule has 0 aromatic heterocycles. The molecule has 1 unspecified atom stereocenters. The summed E-state index contributed by atoms with van der Waals surface area (Å²) >= 11 is 0. The summed E-state index contributed by atoms with van der Waals surface area (Å²) in [5.74, 6) is 1.58. The Kier molecular flexibility index (Phi) is 2.59. The van der Waals surface area contributed by atoms with Crippen LogP contribution in [0.15, 0.2) is 18.2 Å². The SMILES string of the molecule is CCOc1cccc2c1OC(CO)C2. The van der Waals surface area contributed by atoms with Crippen molar-refractivity contribution in [1.82, 2.24) is 0 Å². The van der Waals surface area contributed by atoms with Crippen LogP contribution in [0, 0.1) is 0 Å². The molecule has 0 aliphatic carbocycles. The Morgan fingerprint density at radius 2 is 2.43 bits per heavy atom. The van der Waals surface area contributed by atoms with Gasteiger partial charge in [-0.3, -0.25) is 0 Å². The highest BCUT2D eigenvalue weighted by molar-refractivity contribution is 5.49. The molecule has 0 fully saturated rings. The minimum absolute atomic E-state index is 0.0558. The van der Waals surface area contributed by atoms with Crippen LogP contribution in [-0.2, 0) is 6.42 Å². The highest BCUT2D eigenvalue weighted by Gasteiger charge is 2.24. The fourth-order valence-electron chi connectivity index (χ4n) is 1.68. The fraction of sp³-hybridized carbons (Fsp3) is 0.455. The van der Waals surface area contributed by atoms with Gasteiger partial charge in [0.15, 0.2) is 11.5 Å². The van der Waals surface area contributed by atoms with Crippen molar-refractivity contribution in [2.45, 2.75) is 19.4 Å². The Hall–Kier alpha value is -1.22. The van der Waals surface area contributed by atoms with Crippen molar-refractivity contribution in [3.63, 3.8) is 0 Å². The average Bonchev–Trinajstić information content (AvgIpc) is 2.62. The summed E-state index contributed by atoms with van der Waals surface area (Å²) in [4.78, 5) is 0. The van der Waals surface area contributed by atoms with Gasteiger partial charge in [-0.1, -0.05) is 12.1 Å². The van der Waals surface area contributed by atoms with Gasteiger partial charge in [0.1, 0.15) is 6.10 Å². The summed E-state index contributed by atoms with van der Waals surface area (Å²) in [7, 11) is 0. The molecule has 0 saturated carbocycles. The topological polar surface area (TPSA) is 38.7 Å². The Morgan fingerprint density at radius 1 is 1.57 bits per heavy atom. The van der Waals surface area contributed by atoms with E-state index in [1.807, 2.05) is 25.1 Å². The van der Waals surface area contributed by atoms with E-state index in [1.165, 1.54) is 0 Å². The number of hydrogen-bond acceptors (Lipinski definition) is 3. The number of aliphatic hydroxyl groups excluding tert-OH is 1. The van der Waals surface area contributed by atoms with E-state index in [-0.39, 0.29) is 12.7 Å². The van der Waals surface area contributed by atoms with E-state index in [4.69, 9.17) is 14.6 Å². The predicted octanol–water partition coefficient (Wildman–Crippen LogP) is 1.38. The lowest BCUT2D eigenvalue weighted by Crippen LogP contribution is -2.17. The standard InChI is InChI=1S/C11H14O3/c1-2-13-10-5-3-4-8-6-9(7-12)14-11(8)10/h3-5,9,12H,2,6-7H2,1H3. The van der Waals surface area contributed by atoms with Gasteiger partial charge in [0, 0.05) is 12.0 Å². The first kappa shape index (κ1) is 9.34. The Bertz CT molecular complexity index is 322. The van der Waals surface area contributed by atoms with E-state index >= 15 is 0 Å². The third-order valence-corrected chi connectivity index (χ3v) is 2.30. The number of para-hydroxylation sites is 1. The summed E-state index contributed by atoms with van der Waals surface area (Å²) in [5.41, 5.74) is 1.12.